The first-order valence-electron chi connectivity index (χ1n) is 6.36. The summed E-state index contributed by atoms with van der Waals surface area (Å²) < 4.78 is 35.8. The summed E-state index contributed by atoms with van der Waals surface area (Å²) in [4.78, 5) is 11.7. The van der Waals surface area contributed by atoms with Gasteiger partial charge in [-0.3, -0.25) is 4.79 Å². The van der Waals surface area contributed by atoms with Crippen LogP contribution in [0.5, 0.6) is 0 Å². The Morgan fingerprint density at radius 3 is 2.32 bits per heavy atom. The highest BCUT2D eigenvalue weighted by molar-refractivity contribution is 5.97. The first-order chi connectivity index (χ1) is 8.96. The standard InChI is InChI=1S/C14H16F3NO/c15-14(16,17)9-18-8-13(19)12-6-4-11(5-7-12)10-2-1-3-10/h4-7,10,18H,1-3,8-9H2. The van der Waals surface area contributed by atoms with Crippen molar-refractivity contribution < 1.29 is 18.0 Å². The summed E-state index contributed by atoms with van der Waals surface area (Å²) in [6, 6.07) is 7.21. The maximum absolute atomic E-state index is 11.9. The van der Waals surface area contributed by atoms with E-state index in [2.05, 4.69) is 5.32 Å². The molecule has 2 rings (SSSR count). The lowest BCUT2D eigenvalue weighted by Gasteiger charge is -2.25. The van der Waals surface area contributed by atoms with E-state index in [0.29, 0.717) is 11.5 Å². The number of hydrogen-bond acceptors (Lipinski definition) is 2. The van der Waals surface area contributed by atoms with E-state index in [9.17, 15) is 18.0 Å². The fourth-order valence-electron chi connectivity index (χ4n) is 2.10. The predicted molar refractivity (Wildman–Crippen MR) is 66.3 cm³/mol. The molecule has 2 nitrogen and oxygen atoms in total. The van der Waals surface area contributed by atoms with Crippen molar-refractivity contribution in [3.05, 3.63) is 35.4 Å². The van der Waals surface area contributed by atoms with Crippen LogP contribution in [0.4, 0.5) is 13.2 Å². The van der Waals surface area contributed by atoms with Crippen molar-refractivity contribution >= 4 is 5.78 Å². The second kappa shape index (κ2) is 5.74. The van der Waals surface area contributed by atoms with Crippen LogP contribution in [0, 0.1) is 0 Å². The van der Waals surface area contributed by atoms with Crippen molar-refractivity contribution in [2.75, 3.05) is 13.1 Å². The Bertz CT molecular complexity index is 435. The molecule has 0 aliphatic heterocycles. The van der Waals surface area contributed by atoms with Gasteiger partial charge >= 0.3 is 6.18 Å². The Balaban J connectivity index is 1.85. The summed E-state index contributed by atoms with van der Waals surface area (Å²) in [6.45, 7) is -1.43. The minimum Gasteiger partial charge on any atom is -0.302 e. The molecule has 0 aromatic heterocycles. The zero-order valence-corrected chi connectivity index (χ0v) is 10.5. The number of Topliss-reactive ketones (excluding diaryl/α,β-unsaturated/α-hetero) is 1. The van der Waals surface area contributed by atoms with Crippen LogP contribution >= 0.6 is 0 Å². The molecule has 0 heterocycles. The van der Waals surface area contributed by atoms with E-state index in [1.807, 2.05) is 12.1 Å². The number of halogens is 3. The van der Waals surface area contributed by atoms with Crippen molar-refractivity contribution in [3.8, 4) is 0 Å². The maximum Gasteiger partial charge on any atom is 0.401 e. The molecule has 0 unspecified atom stereocenters. The first-order valence-corrected chi connectivity index (χ1v) is 6.36. The van der Waals surface area contributed by atoms with E-state index in [1.165, 1.54) is 24.8 Å². The van der Waals surface area contributed by atoms with E-state index in [0.717, 1.165) is 0 Å². The molecule has 1 fully saturated rings. The van der Waals surface area contributed by atoms with Gasteiger partial charge in [-0.15, -0.1) is 0 Å². The molecule has 0 atom stereocenters. The summed E-state index contributed by atoms with van der Waals surface area (Å²) in [5.74, 6) is 0.275. The van der Waals surface area contributed by atoms with Crippen molar-refractivity contribution in [2.45, 2.75) is 31.4 Å². The molecule has 1 aromatic carbocycles. The van der Waals surface area contributed by atoms with Crippen LogP contribution in [0.25, 0.3) is 0 Å². The van der Waals surface area contributed by atoms with Crippen molar-refractivity contribution in [1.29, 1.82) is 0 Å². The molecule has 0 amide bonds. The third-order valence-corrected chi connectivity index (χ3v) is 3.42. The average molecular weight is 271 g/mol. The monoisotopic (exact) mass is 271 g/mol. The number of alkyl halides is 3. The zero-order chi connectivity index (χ0) is 13.9. The molecule has 1 aliphatic carbocycles. The molecule has 1 aromatic rings. The van der Waals surface area contributed by atoms with Gasteiger partial charge < -0.3 is 5.32 Å². The van der Waals surface area contributed by atoms with Gasteiger partial charge in [-0.05, 0) is 24.3 Å². The number of rotatable bonds is 5. The number of carbonyl (C=O) groups is 1. The number of carbonyl (C=O) groups excluding carboxylic acids is 1. The Morgan fingerprint density at radius 2 is 1.84 bits per heavy atom. The van der Waals surface area contributed by atoms with Crippen molar-refractivity contribution in [1.82, 2.24) is 5.32 Å². The first kappa shape index (κ1) is 14.1. The molecule has 0 spiro atoms. The number of nitrogens with one attached hydrogen (secondary N) is 1. The average Bonchev–Trinajstić information content (AvgIpc) is 2.25. The van der Waals surface area contributed by atoms with E-state index in [1.54, 1.807) is 12.1 Å². The second-order valence-electron chi connectivity index (χ2n) is 4.89. The van der Waals surface area contributed by atoms with Gasteiger partial charge in [-0.25, -0.2) is 0 Å². The van der Waals surface area contributed by atoms with Crippen LogP contribution in [-0.4, -0.2) is 25.0 Å². The van der Waals surface area contributed by atoms with Crippen LogP contribution in [0.15, 0.2) is 24.3 Å². The van der Waals surface area contributed by atoms with E-state index < -0.39 is 12.7 Å². The molecule has 1 N–H and O–H groups in total. The maximum atomic E-state index is 11.9. The number of benzene rings is 1. The van der Waals surface area contributed by atoms with Crippen LogP contribution in [-0.2, 0) is 0 Å². The Labute approximate surface area is 110 Å². The molecule has 0 saturated heterocycles. The normalized spacial score (nSPS) is 16.2. The van der Waals surface area contributed by atoms with Crippen molar-refractivity contribution in [3.63, 3.8) is 0 Å². The molecule has 0 bridgehead atoms. The largest absolute Gasteiger partial charge is 0.401 e. The molecule has 5 heteroatoms. The number of hydrogen-bond donors (Lipinski definition) is 1. The van der Waals surface area contributed by atoms with Crippen LogP contribution in [0.1, 0.15) is 41.1 Å². The summed E-state index contributed by atoms with van der Waals surface area (Å²) in [5.41, 5.74) is 1.67. The Hall–Kier alpha value is -1.36. The SMILES string of the molecule is O=C(CNCC(F)(F)F)c1ccc(C2CCC2)cc1. The topological polar surface area (TPSA) is 29.1 Å². The zero-order valence-electron chi connectivity index (χ0n) is 10.5. The Kier molecular flexibility index (Phi) is 4.24. The third-order valence-electron chi connectivity index (χ3n) is 3.42. The molecule has 1 aliphatic rings. The molecule has 0 radical (unpaired) electrons. The fourth-order valence-corrected chi connectivity index (χ4v) is 2.10. The molecule has 1 saturated carbocycles. The van der Waals surface area contributed by atoms with E-state index >= 15 is 0 Å². The minimum atomic E-state index is -4.28. The van der Waals surface area contributed by atoms with Crippen LogP contribution in [0.2, 0.25) is 0 Å². The summed E-state index contributed by atoms with van der Waals surface area (Å²) >= 11 is 0. The van der Waals surface area contributed by atoms with Gasteiger partial charge in [-0.1, -0.05) is 30.7 Å². The molecule has 19 heavy (non-hydrogen) atoms. The van der Waals surface area contributed by atoms with Gasteiger partial charge in [0.25, 0.3) is 0 Å². The van der Waals surface area contributed by atoms with Crippen LogP contribution < -0.4 is 5.32 Å². The molecular weight excluding hydrogens is 255 g/mol. The lowest BCUT2D eigenvalue weighted by Crippen LogP contribution is -2.32. The van der Waals surface area contributed by atoms with Crippen molar-refractivity contribution in [2.24, 2.45) is 0 Å². The quantitative estimate of drug-likeness (QED) is 0.833. The molecular formula is C14H16F3NO. The summed E-state index contributed by atoms with van der Waals surface area (Å²) in [6.07, 6.45) is -0.679. The van der Waals surface area contributed by atoms with Gasteiger partial charge in [0.05, 0.1) is 13.1 Å². The number of ketones is 1. The Morgan fingerprint density at radius 1 is 1.21 bits per heavy atom. The van der Waals surface area contributed by atoms with E-state index in [4.69, 9.17) is 0 Å². The highest BCUT2D eigenvalue weighted by atomic mass is 19.4. The second-order valence-corrected chi connectivity index (χ2v) is 4.89. The van der Waals surface area contributed by atoms with Gasteiger partial charge in [0.1, 0.15) is 0 Å². The lowest BCUT2D eigenvalue weighted by molar-refractivity contribution is -0.124. The molecule has 104 valence electrons. The lowest BCUT2D eigenvalue weighted by atomic mass is 9.80. The highest BCUT2D eigenvalue weighted by Gasteiger charge is 2.26. The van der Waals surface area contributed by atoms with Gasteiger partial charge in [0.2, 0.25) is 0 Å². The fraction of sp³-hybridized carbons (Fsp3) is 0.500. The van der Waals surface area contributed by atoms with Gasteiger partial charge in [0, 0.05) is 5.56 Å². The van der Waals surface area contributed by atoms with Gasteiger partial charge in [0.15, 0.2) is 5.78 Å². The predicted octanol–water partition coefficient (Wildman–Crippen LogP) is 3.29. The smallest absolute Gasteiger partial charge is 0.302 e. The third kappa shape index (κ3) is 4.06. The minimum absolute atomic E-state index is 0.289. The van der Waals surface area contributed by atoms with Crippen LogP contribution in [0.3, 0.4) is 0 Å². The summed E-state index contributed by atoms with van der Waals surface area (Å²) in [5, 5.41) is 2.11. The van der Waals surface area contributed by atoms with Gasteiger partial charge in [-0.2, -0.15) is 13.2 Å². The highest BCUT2D eigenvalue weighted by Crippen LogP contribution is 2.36. The summed E-state index contributed by atoms with van der Waals surface area (Å²) in [7, 11) is 0. The van der Waals surface area contributed by atoms with E-state index in [-0.39, 0.29) is 12.3 Å².